The molecule has 0 saturated carbocycles. The quantitative estimate of drug-likeness (QED) is 0.0272. The maximum Gasteiger partial charge on any atom is 0.268 e. The second-order valence-corrected chi connectivity index (χ2v) is 21.7. The van der Waals surface area contributed by atoms with Gasteiger partial charge in [0.15, 0.2) is 0 Å². The van der Waals surface area contributed by atoms with Crippen molar-refractivity contribution in [3.8, 4) is 0 Å². The Kier molecular flexibility index (Phi) is 46.8. The van der Waals surface area contributed by atoms with Gasteiger partial charge in [-0.15, -0.1) is 0 Å². The number of nitrogens with zero attached hydrogens (tertiary/aromatic N) is 1. The minimum Gasteiger partial charge on any atom is -0.756 e. The Morgan fingerprint density at radius 2 is 0.862 bits per heavy atom. The number of phosphoric ester groups is 1. The first-order valence-electron chi connectivity index (χ1n) is 27.9. The topological polar surface area (TPSA) is 108 Å². The molecule has 8 nitrogen and oxygen atoms in total. The van der Waals surface area contributed by atoms with Crippen LogP contribution in [0.25, 0.3) is 0 Å². The van der Waals surface area contributed by atoms with E-state index in [-0.39, 0.29) is 12.5 Å². The number of amides is 1. The van der Waals surface area contributed by atoms with Gasteiger partial charge in [-0.25, -0.2) is 0 Å². The zero-order valence-electron chi connectivity index (χ0n) is 43.7. The lowest BCUT2D eigenvalue weighted by atomic mass is 10.0. The molecule has 3 atom stereocenters. The Morgan fingerprint density at radius 1 is 0.523 bits per heavy atom. The van der Waals surface area contributed by atoms with Crippen molar-refractivity contribution in [2.45, 2.75) is 276 Å². The molecule has 0 aliphatic rings. The molecule has 0 radical (unpaired) electrons. The maximum atomic E-state index is 12.9. The summed E-state index contributed by atoms with van der Waals surface area (Å²) >= 11 is 0. The van der Waals surface area contributed by atoms with Crippen LogP contribution in [0.5, 0.6) is 0 Å². The SMILES string of the molecule is CCCCCC/C=C/CC/C=C/C(O)C(COP(=O)([O-])OCC[N+](C)(C)C)NC(=O)CCCCCCCCCCCCCCCCCCCCCCC/C=C\CCCCCCCCCC. The molecule has 9 heteroatoms. The fraction of sp³-hybridized carbons (Fsp3) is 0.875. The highest BCUT2D eigenvalue weighted by molar-refractivity contribution is 7.45. The van der Waals surface area contributed by atoms with Gasteiger partial charge < -0.3 is 28.8 Å². The van der Waals surface area contributed by atoms with Gasteiger partial charge >= 0.3 is 0 Å². The average molecular weight is 937 g/mol. The zero-order valence-corrected chi connectivity index (χ0v) is 44.6. The highest BCUT2D eigenvalue weighted by Gasteiger charge is 2.23. The number of hydrogen-bond donors (Lipinski definition) is 2. The van der Waals surface area contributed by atoms with Gasteiger partial charge in [0.05, 0.1) is 39.9 Å². The number of allylic oxidation sites excluding steroid dienone is 5. The summed E-state index contributed by atoms with van der Waals surface area (Å²) in [7, 11) is 1.25. The monoisotopic (exact) mass is 937 g/mol. The minimum atomic E-state index is -4.59. The number of hydrogen-bond acceptors (Lipinski definition) is 6. The Morgan fingerprint density at radius 3 is 1.26 bits per heavy atom. The molecule has 0 heterocycles. The molecule has 0 aromatic heterocycles. The Balaban J connectivity index is 3.93. The Hall–Kier alpha value is -1.28. The second kappa shape index (κ2) is 47.8. The van der Waals surface area contributed by atoms with Crippen molar-refractivity contribution in [3.63, 3.8) is 0 Å². The van der Waals surface area contributed by atoms with Crippen LogP contribution in [0.3, 0.4) is 0 Å². The molecule has 0 bridgehead atoms. The minimum absolute atomic E-state index is 0.00530. The van der Waals surface area contributed by atoms with Crippen molar-refractivity contribution < 1.29 is 32.9 Å². The van der Waals surface area contributed by atoms with Crippen LogP contribution in [0.4, 0.5) is 0 Å². The first-order valence-corrected chi connectivity index (χ1v) is 29.3. The number of carbonyl (C=O) groups is 1. The molecular weight excluding hydrogens is 828 g/mol. The number of carbonyl (C=O) groups excluding carboxylic acids is 1. The average Bonchev–Trinajstić information content (AvgIpc) is 3.26. The van der Waals surface area contributed by atoms with Gasteiger partial charge in [-0.1, -0.05) is 237 Å². The van der Waals surface area contributed by atoms with Gasteiger partial charge in [-0.05, 0) is 57.8 Å². The van der Waals surface area contributed by atoms with E-state index in [0.29, 0.717) is 17.4 Å². The number of likely N-dealkylation sites (N-methyl/N-ethyl adjacent to an activating group) is 1. The summed E-state index contributed by atoms with van der Waals surface area (Å²) in [6.07, 6.45) is 61.1. The fourth-order valence-corrected chi connectivity index (χ4v) is 8.89. The molecule has 0 aliphatic heterocycles. The van der Waals surface area contributed by atoms with Crippen LogP contribution in [0.1, 0.15) is 264 Å². The fourth-order valence-electron chi connectivity index (χ4n) is 8.17. The molecule has 0 aromatic rings. The molecule has 0 aromatic carbocycles. The second-order valence-electron chi connectivity index (χ2n) is 20.3. The van der Waals surface area contributed by atoms with E-state index in [1.807, 2.05) is 27.2 Å². The van der Waals surface area contributed by atoms with Crippen LogP contribution in [0.2, 0.25) is 0 Å². The molecule has 3 unspecified atom stereocenters. The van der Waals surface area contributed by atoms with Crippen molar-refractivity contribution >= 4 is 13.7 Å². The Bertz CT molecular complexity index is 1150. The molecule has 2 N–H and O–H groups in total. The summed E-state index contributed by atoms with van der Waals surface area (Å²) < 4.78 is 23.2. The summed E-state index contributed by atoms with van der Waals surface area (Å²) in [5.41, 5.74) is 0. The zero-order chi connectivity index (χ0) is 47.8. The number of unbranched alkanes of at least 4 members (excludes halogenated alkanes) is 34. The van der Waals surface area contributed by atoms with Gasteiger partial charge in [0.2, 0.25) is 5.91 Å². The van der Waals surface area contributed by atoms with Crippen molar-refractivity contribution in [2.75, 3.05) is 40.9 Å². The van der Waals surface area contributed by atoms with E-state index in [1.54, 1.807) is 6.08 Å². The summed E-state index contributed by atoms with van der Waals surface area (Å²) in [6.45, 7) is 4.60. The number of quaternary nitrogens is 1. The van der Waals surface area contributed by atoms with E-state index >= 15 is 0 Å². The summed E-state index contributed by atoms with van der Waals surface area (Å²) in [5.74, 6) is -0.206. The molecule has 0 rings (SSSR count). The van der Waals surface area contributed by atoms with Gasteiger partial charge in [0.25, 0.3) is 7.82 Å². The molecule has 0 aliphatic carbocycles. The molecular formula is C56H109N2O6P. The van der Waals surface area contributed by atoms with E-state index < -0.39 is 26.6 Å². The Labute approximate surface area is 404 Å². The number of aliphatic hydroxyl groups excluding tert-OH is 1. The smallest absolute Gasteiger partial charge is 0.268 e. The van der Waals surface area contributed by atoms with Crippen molar-refractivity contribution in [2.24, 2.45) is 0 Å². The molecule has 0 fully saturated rings. The number of nitrogens with one attached hydrogen (secondary N) is 1. The lowest BCUT2D eigenvalue weighted by Gasteiger charge is -2.29. The van der Waals surface area contributed by atoms with Crippen LogP contribution in [0.15, 0.2) is 36.5 Å². The number of rotatable bonds is 51. The third kappa shape index (κ3) is 50.4. The van der Waals surface area contributed by atoms with E-state index in [0.717, 1.165) is 38.5 Å². The van der Waals surface area contributed by atoms with Gasteiger partial charge in [0, 0.05) is 6.42 Å². The molecule has 0 spiro atoms. The highest BCUT2D eigenvalue weighted by Crippen LogP contribution is 2.38. The lowest BCUT2D eigenvalue weighted by Crippen LogP contribution is -2.45. The first kappa shape index (κ1) is 63.7. The first-order chi connectivity index (χ1) is 31.5. The standard InChI is InChI=1S/C56H109N2O6P/c1-6-8-10-12-14-16-18-19-20-21-22-23-24-25-26-27-28-29-30-31-32-33-34-35-36-37-38-39-40-42-44-46-48-50-56(60)57-54(53-64-65(61,62)63-52-51-58(3,4)5)55(59)49-47-45-43-41-17-15-13-11-9-7-2/h17,21-22,41,47,49,54-55,59H,6-16,18-20,23-40,42-46,48,50-53H2,1-5H3,(H-,57,60,61,62)/b22-21-,41-17+,49-47+. The number of aliphatic hydroxyl groups is 1. The maximum absolute atomic E-state index is 12.9. The van der Waals surface area contributed by atoms with E-state index in [1.165, 1.54) is 205 Å². The molecule has 1 amide bonds. The van der Waals surface area contributed by atoms with E-state index in [9.17, 15) is 19.4 Å². The van der Waals surface area contributed by atoms with Crippen molar-refractivity contribution in [1.29, 1.82) is 0 Å². The van der Waals surface area contributed by atoms with Crippen molar-refractivity contribution in [1.82, 2.24) is 5.32 Å². The van der Waals surface area contributed by atoms with Crippen LogP contribution in [-0.4, -0.2) is 68.5 Å². The van der Waals surface area contributed by atoms with Gasteiger partial charge in [0.1, 0.15) is 13.2 Å². The summed E-state index contributed by atoms with van der Waals surface area (Å²) in [6, 6.07) is -0.899. The van der Waals surface area contributed by atoms with Gasteiger partial charge in [-0.2, -0.15) is 0 Å². The van der Waals surface area contributed by atoms with Gasteiger partial charge in [-0.3, -0.25) is 9.36 Å². The predicted molar refractivity (Wildman–Crippen MR) is 279 cm³/mol. The lowest BCUT2D eigenvalue weighted by molar-refractivity contribution is -0.870. The normalized spacial score (nSPS) is 14.3. The molecule has 384 valence electrons. The van der Waals surface area contributed by atoms with Crippen LogP contribution in [-0.2, 0) is 18.4 Å². The van der Waals surface area contributed by atoms with Crippen LogP contribution >= 0.6 is 7.82 Å². The third-order valence-electron chi connectivity index (χ3n) is 12.6. The molecule has 0 saturated heterocycles. The third-order valence-corrected chi connectivity index (χ3v) is 13.5. The summed E-state index contributed by atoms with van der Waals surface area (Å²) in [5, 5.41) is 13.7. The van der Waals surface area contributed by atoms with Crippen LogP contribution in [0, 0.1) is 0 Å². The predicted octanol–water partition coefficient (Wildman–Crippen LogP) is 16.0. The van der Waals surface area contributed by atoms with E-state index in [2.05, 4.69) is 43.5 Å². The van der Waals surface area contributed by atoms with Crippen molar-refractivity contribution in [3.05, 3.63) is 36.5 Å². The van der Waals surface area contributed by atoms with Crippen LogP contribution < -0.4 is 10.2 Å². The van der Waals surface area contributed by atoms with E-state index in [4.69, 9.17) is 9.05 Å². The summed E-state index contributed by atoms with van der Waals surface area (Å²) in [4.78, 5) is 25.3. The number of phosphoric acid groups is 1. The molecule has 65 heavy (non-hydrogen) atoms. The highest BCUT2D eigenvalue weighted by atomic mass is 31.2. The largest absolute Gasteiger partial charge is 0.756 e.